The second-order valence-electron chi connectivity index (χ2n) is 4.73. The quantitative estimate of drug-likeness (QED) is 0.921. The van der Waals surface area contributed by atoms with Crippen LogP contribution in [0.15, 0.2) is 36.4 Å². The fraction of sp³-hybridized carbons (Fsp3) is 0.235. The highest BCUT2D eigenvalue weighted by Crippen LogP contribution is 2.39. The molecule has 1 amide bonds. The SMILES string of the molecule is COc1cc(OC)c(NC(=O)c2ccc(C)cc2)c(OC)c1. The maximum atomic E-state index is 12.4. The fourth-order valence-corrected chi connectivity index (χ4v) is 2.02. The van der Waals surface area contributed by atoms with Gasteiger partial charge in [0.25, 0.3) is 5.91 Å². The van der Waals surface area contributed by atoms with E-state index in [1.807, 2.05) is 19.1 Å². The molecular weight excluding hydrogens is 282 g/mol. The lowest BCUT2D eigenvalue weighted by molar-refractivity contribution is 0.102. The predicted octanol–water partition coefficient (Wildman–Crippen LogP) is 3.27. The maximum Gasteiger partial charge on any atom is 0.255 e. The van der Waals surface area contributed by atoms with Crippen LogP contribution in [0.25, 0.3) is 0 Å². The Labute approximate surface area is 129 Å². The Bertz CT molecular complexity index is 640. The molecule has 5 nitrogen and oxygen atoms in total. The van der Waals surface area contributed by atoms with Crippen LogP contribution in [-0.4, -0.2) is 27.2 Å². The highest BCUT2D eigenvalue weighted by atomic mass is 16.5. The molecule has 2 aromatic carbocycles. The first kappa shape index (κ1) is 15.7. The number of amides is 1. The minimum absolute atomic E-state index is 0.234. The number of hydrogen-bond acceptors (Lipinski definition) is 4. The Morgan fingerprint density at radius 2 is 1.45 bits per heavy atom. The molecule has 0 aromatic heterocycles. The second kappa shape index (κ2) is 6.85. The number of nitrogens with one attached hydrogen (secondary N) is 1. The van der Waals surface area contributed by atoms with Crippen molar-refractivity contribution in [3.05, 3.63) is 47.5 Å². The zero-order valence-corrected chi connectivity index (χ0v) is 13.1. The van der Waals surface area contributed by atoms with Gasteiger partial charge in [-0.05, 0) is 19.1 Å². The van der Waals surface area contributed by atoms with E-state index >= 15 is 0 Å². The molecule has 0 saturated carbocycles. The van der Waals surface area contributed by atoms with Crippen LogP contribution in [-0.2, 0) is 0 Å². The molecule has 0 aliphatic carbocycles. The van der Waals surface area contributed by atoms with Gasteiger partial charge in [0.15, 0.2) is 0 Å². The lowest BCUT2D eigenvalue weighted by Gasteiger charge is -2.15. The number of anilines is 1. The summed E-state index contributed by atoms with van der Waals surface area (Å²) in [7, 11) is 4.60. The molecule has 0 unspecified atom stereocenters. The first-order valence-corrected chi connectivity index (χ1v) is 6.77. The molecule has 2 aromatic rings. The lowest BCUT2D eigenvalue weighted by Crippen LogP contribution is -2.13. The van der Waals surface area contributed by atoms with Crippen molar-refractivity contribution in [2.75, 3.05) is 26.6 Å². The Hall–Kier alpha value is -2.69. The van der Waals surface area contributed by atoms with Gasteiger partial charge >= 0.3 is 0 Å². The number of ether oxygens (including phenoxy) is 3. The van der Waals surface area contributed by atoms with Gasteiger partial charge in [0.1, 0.15) is 22.9 Å². The van der Waals surface area contributed by atoms with Gasteiger partial charge < -0.3 is 19.5 Å². The zero-order valence-electron chi connectivity index (χ0n) is 13.1. The van der Waals surface area contributed by atoms with E-state index in [1.54, 1.807) is 31.4 Å². The van der Waals surface area contributed by atoms with Gasteiger partial charge in [0.05, 0.1) is 21.3 Å². The molecule has 0 bridgehead atoms. The van der Waals surface area contributed by atoms with Crippen molar-refractivity contribution >= 4 is 11.6 Å². The first-order valence-electron chi connectivity index (χ1n) is 6.77. The van der Waals surface area contributed by atoms with Crippen molar-refractivity contribution in [3.8, 4) is 17.2 Å². The van der Waals surface area contributed by atoms with Gasteiger partial charge in [0.2, 0.25) is 0 Å². The number of methoxy groups -OCH3 is 3. The van der Waals surface area contributed by atoms with Crippen molar-refractivity contribution in [2.45, 2.75) is 6.92 Å². The molecule has 0 aliphatic heterocycles. The van der Waals surface area contributed by atoms with Crippen molar-refractivity contribution in [2.24, 2.45) is 0 Å². The maximum absolute atomic E-state index is 12.4. The summed E-state index contributed by atoms with van der Waals surface area (Å²) in [6, 6.07) is 10.7. The van der Waals surface area contributed by atoms with E-state index in [4.69, 9.17) is 14.2 Å². The van der Waals surface area contributed by atoms with Gasteiger partial charge in [-0.15, -0.1) is 0 Å². The molecule has 116 valence electrons. The van der Waals surface area contributed by atoms with Gasteiger partial charge in [-0.3, -0.25) is 4.79 Å². The van der Waals surface area contributed by atoms with Gasteiger partial charge in [-0.25, -0.2) is 0 Å². The average molecular weight is 301 g/mol. The smallest absolute Gasteiger partial charge is 0.255 e. The van der Waals surface area contributed by atoms with Crippen molar-refractivity contribution in [3.63, 3.8) is 0 Å². The van der Waals surface area contributed by atoms with Crippen molar-refractivity contribution in [1.82, 2.24) is 0 Å². The summed E-state index contributed by atoms with van der Waals surface area (Å²) in [6.07, 6.45) is 0. The van der Waals surface area contributed by atoms with Crippen LogP contribution in [0, 0.1) is 6.92 Å². The number of aryl methyl sites for hydroxylation is 1. The van der Waals surface area contributed by atoms with E-state index in [0.717, 1.165) is 5.56 Å². The normalized spacial score (nSPS) is 10.0. The van der Waals surface area contributed by atoms with Crippen molar-refractivity contribution < 1.29 is 19.0 Å². The zero-order chi connectivity index (χ0) is 16.1. The van der Waals surface area contributed by atoms with Crippen LogP contribution < -0.4 is 19.5 Å². The average Bonchev–Trinajstić information content (AvgIpc) is 2.55. The molecule has 1 N–H and O–H groups in total. The van der Waals surface area contributed by atoms with Gasteiger partial charge in [-0.1, -0.05) is 17.7 Å². The molecule has 22 heavy (non-hydrogen) atoms. The van der Waals surface area contributed by atoms with E-state index in [1.165, 1.54) is 14.2 Å². The van der Waals surface area contributed by atoms with E-state index in [9.17, 15) is 4.79 Å². The summed E-state index contributed by atoms with van der Waals surface area (Å²) >= 11 is 0. The topological polar surface area (TPSA) is 56.8 Å². The Morgan fingerprint density at radius 1 is 0.909 bits per heavy atom. The summed E-state index contributed by atoms with van der Waals surface area (Å²) in [5.41, 5.74) is 2.12. The van der Waals surface area contributed by atoms with Crippen LogP contribution in [0.4, 0.5) is 5.69 Å². The standard InChI is InChI=1S/C17H19NO4/c1-11-5-7-12(8-6-11)17(19)18-16-14(21-3)9-13(20-2)10-15(16)22-4/h5-10H,1-4H3,(H,18,19). The van der Waals surface area contributed by atoms with Crippen LogP contribution in [0.3, 0.4) is 0 Å². The number of hydrogen-bond donors (Lipinski definition) is 1. The molecule has 0 atom stereocenters. The van der Waals surface area contributed by atoms with E-state index in [0.29, 0.717) is 28.5 Å². The van der Waals surface area contributed by atoms with Crippen LogP contribution >= 0.6 is 0 Å². The lowest BCUT2D eigenvalue weighted by atomic mass is 10.1. The van der Waals surface area contributed by atoms with E-state index in [2.05, 4.69) is 5.32 Å². The largest absolute Gasteiger partial charge is 0.496 e. The monoisotopic (exact) mass is 301 g/mol. The van der Waals surface area contributed by atoms with Crippen LogP contribution in [0.2, 0.25) is 0 Å². The summed E-state index contributed by atoms with van der Waals surface area (Å²) in [6.45, 7) is 1.97. The molecule has 0 aliphatic rings. The van der Waals surface area contributed by atoms with Crippen LogP contribution in [0.1, 0.15) is 15.9 Å². The Morgan fingerprint density at radius 3 is 1.91 bits per heavy atom. The number of rotatable bonds is 5. The van der Waals surface area contributed by atoms with Crippen LogP contribution in [0.5, 0.6) is 17.2 Å². The molecule has 0 saturated heterocycles. The third-order valence-corrected chi connectivity index (χ3v) is 3.27. The minimum Gasteiger partial charge on any atom is -0.496 e. The fourth-order valence-electron chi connectivity index (χ4n) is 2.02. The molecule has 0 heterocycles. The highest BCUT2D eigenvalue weighted by molar-refractivity contribution is 6.06. The number of carbonyl (C=O) groups excluding carboxylic acids is 1. The molecule has 0 fully saturated rings. The second-order valence-corrected chi connectivity index (χ2v) is 4.73. The van der Waals surface area contributed by atoms with E-state index < -0.39 is 0 Å². The van der Waals surface area contributed by atoms with Gasteiger partial charge in [-0.2, -0.15) is 0 Å². The first-order chi connectivity index (χ1) is 10.6. The molecule has 0 radical (unpaired) electrons. The summed E-state index contributed by atoms with van der Waals surface area (Å²) in [5, 5.41) is 2.82. The molecular formula is C17H19NO4. The van der Waals surface area contributed by atoms with E-state index in [-0.39, 0.29) is 5.91 Å². The third-order valence-electron chi connectivity index (χ3n) is 3.27. The Balaban J connectivity index is 2.35. The molecule has 5 heteroatoms. The molecule has 0 spiro atoms. The summed E-state index contributed by atoms with van der Waals surface area (Å²) in [5.74, 6) is 1.29. The number of carbonyl (C=O) groups is 1. The van der Waals surface area contributed by atoms with Crippen molar-refractivity contribution in [1.29, 1.82) is 0 Å². The highest BCUT2D eigenvalue weighted by Gasteiger charge is 2.16. The minimum atomic E-state index is -0.234. The number of benzene rings is 2. The third kappa shape index (κ3) is 3.31. The van der Waals surface area contributed by atoms with Gasteiger partial charge in [0, 0.05) is 17.7 Å². The summed E-state index contributed by atoms with van der Waals surface area (Å²) < 4.78 is 15.8. The summed E-state index contributed by atoms with van der Waals surface area (Å²) in [4.78, 5) is 12.4. The molecule has 2 rings (SSSR count). The predicted molar refractivity (Wildman–Crippen MR) is 85.2 cm³/mol. The Kier molecular flexibility index (Phi) is 4.88.